The highest BCUT2D eigenvalue weighted by Crippen LogP contribution is 2.19. The minimum atomic E-state index is -0.829. The van der Waals surface area contributed by atoms with Gasteiger partial charge in [-0.3, -0.25) is 9.59 Å². The number of benzene rings is 1. The molecule has 0 aliphatic carbocycles. The van der Waals surface area contributed by atoms with E-state index in [9.17, 15) is 9.59 Å². The summed E-state index contributed by atoms with van der Waals surface area (Å²) >= 11 is 0. The summed E-state index contributed by atoms with van der Waals surface area (Å²) in [5, 5.41) is 9.02. The molecule has 0 saturated carbocycles. The monoisotopic (exact) mass is 299 g/mol. The first kappa shape index (κ1) is 14.3. The molecule has 1 aromatic carbocycles. The van der Waals surface area contributed by atoms with Crippen molar-refractivity contribution in [2.24, 2.45) is 5.92 Å². The number of amides is 1. The number of rotatable bonds is 4. The molecule has 22 heavy (non-hydrogen) atoms. The quantitative estimate of drug-likeness (QED) is 0.928. The maximum Gasteiger partial charge on any atom is 0.308 e. The Morgan fingerprint density at radius 1 is 1.36 bits per heavy atom. The van der Waals surface area contributed by atoms with Crippen molar-refractivity contribution in [3.8, 4) is 0 Å². The highest BCUT2D eigenvalue weighted by molar-refractivity contribution is 5.95. The lowest BCUT2D eigenvalue weighted by atomic mass is 10.1. The first-order valence-corrected chi connectivity index (χ1v) is 7.20. The second kappa shape index (κ2) is 6.01. The summed E-state index contributed by atoms with van der Waals surface area (Å²) in [7, 11) is 0. The molecule has 0 unspecified atom stereocenters. The van der Waals surface area contributed by atoms with Gasteiger partial charge in [-0.15, -0.1) is 0 Å². The summed E-state index contributed by atoms with van der Waals surface area (Å²) in [6.07, 6.45) is 5.83. The van der Waals surface area contributed by atoms with Crippen LogP contribution >= 0.6 is 0 Å². The van der Waals surface area contributed by atoms with Gasteiger partial charge >= 0.3 is 5.97 Å². The second-order valence-electron chi connectivity index (χ2n) is 5.51. The molecule has 1 N–H and O–H groups in total. The van der Waals surface area contributed by atoms with Crippen LogP contribution in [0.15, 0.2) is 43.0 Å². The molecule has 1 atom stereocenters. The molecule has 1 aliphatic rings. The lowest BCUT2D eigenvalue weighted by Crippen LogP contribution is -2.30. The lowest BCUT2D eigenvalue weighted by molar-refractivity contribution is -0.141. The number of carbonyl (C=O) groups is 2. The van der Waals surface area contributed by atoms with E-state index in [1.807, 2.05) is 29.0 Å². The van der Waals surface area contributed by atoms with Gasteiger partial charge in [0.2, 0.25) is 0 Å². The van der Waals surface area contributed by atoms with Gasteiger partial charge in [0.05, 0.1) is 12.2 Å². The molecule has 1 aromatic heterocycles. The van der Waals surface area contributed by atoms with E-state index in [2.05, 4.69) is 4.98 Å². The number of carboxylic acid groups (broad SMARTS) is 1. The van der Waals surface area contributed by atoms with E-state index in [1.54, 1.807) is 23.5 Å². The van der Waals surface area contributed by atoms with Crippen molar-refractivity contribution in [3.63, 3.8) is 0 Å². The van der Waals surface area contributed by atoms with E-state index in [0.717, 1.165) is 5.56 Å². The van der Waals surface area contributed by atoms with Crippen LogP contribution in [0.3, 0.4) is 0 Å². The largest absolute Gasteiger partial charge is 0.481 e. The smallest absolute Gasteiger partial charge is 0.308 e. The number of aliphatic carboxylic acids is 1. The van der Waals surface area contributed by atoms with E-state index in [0.29, 0.717) is 31.6 Å². The first-order valence-electron chi connectivity index (χ1n) is 7.20. The molecular weight excluding hydrogens is 282 g/mol. The normalized spacial score (nSPS) is 17.6. The Kier molecular flexibility index (Phi) is 3.91. The minimum Gasteiger partial charge on any atom is -0.481 e. The molecule has 0 spiro atoms. The van der Waals surface area contributed by atoms with E-state index < -0.39 is 11.9 Å². The van der Waals surface area contributed by atoms with Gasteiger partial charge in [0.15, 0.2) is 0 Å². The summed E-state index contributed by atoms with van der Waals surface area (Å²) in [6.45, 7) is 1.44. The van der Waals surface area contributed by atoms with Crippen LogP contribution in [0.1, 0.15) is 22.3 Å². The molecule has 1 fully saturated rings. The van der Waals surface area contributed by atoms with Crippen molar-refractivity contribution in [2.75, 3.05) is 13.1 Å². The standard InChI is InChI=1S/C16H17N3O3/c20-15(19-6-4-14(10-19)16(21)22)13-3-1-2-12(8-13)9-18-7-5-17-11-18/h1-3,5,7-8,11,14H,4,6,9-10H2,(H,21,22)/t14-/m1/s1. The maximum absolute atomic E-state index is 12.5. The fraction of sp³-hybridized carbons (Fsp3) is 0.312. The molecule has 6 nitrogen and oxygen atoms in total. The molecule has 3 rings (SSSR count). The average Bonchev–Trinajstić information content (AvgIpc) is 3.18. The first-order chi connectivity index (χ1) is 10.6. The van der Waals surface area contributed by atoms with Crippen LogP contribution in [-0.4, -0.2) is 44.5 Å². The second-order valence-corrected chi connectivity index (χ2v) is 5.51. The highest BCUT2D eigenvalue weighted by Gasteiger charge is 2.31. The van der Waals surface area contributed by atoms with Gasteiger partial charge in [0, 0.05) is 37.6 Å². The summed E-state index contributed by atoms with van der Waals surface area (Å²) < 4.78 is 1.93. The van der Waals surface area contributed by atoms with Crippen molar-refractivity contribution < 1.29 is 14.7 Å². The third kappa shape index (κ3) is 3.00. The lowest BCUT2D eigenvalue weighted by Gasteiger charge is -2.16. The van der Waals surface area contributed by atoms with Crippen LogP contribution in [0.5, 0.6) is 0 Å². The number of carboxylic acids is 1. The molecule has 1 aliphatic heterocycles. The fourth-order valence-electron chi connectivity index (χ4n) is 2.72. The van der Waals surface area contributed by atoms with Crippen molar-refractivity contribution in [2.45, 2.75) is 13.0 Å². The van der Waals surface area contributed by atoms with Gasteiger partial charge in [-0.1, -0.05) is 12.1 Å². The van der Waals surface area contributed by atoms with E-state index >= 15 is 0 Å². The van der Waals surface area contributed by atoms with Crippen LogP contribution in [0.2, 0.25) is 0 Å². The van der Waals surface area contributed by atoms with Gasteiger partial charge in [0.1, 0.15) is 0 Å². The molecular formula is C16H17N3O3. The number of aromatic nitrogens is 2. The topological polar surface area (TPSA) is 75.4 Å². The van der Waals surface area contributed by atoms with Gasteiger partial charge in [-0.2, -0.15) is 0 Å². The third-order valence-electron chi connectivity index (χ3n) is 3.92. The number of nitrogens with zero attached hydrogens (tertiary/aromatic N) is 3. The van der Waals surface area contributed by atoms with Crippen molar-refractivity contribution >= 4 is 11.9 Å². The zero-order valence-corrected chi connectivity index (χ0v) is 12.1. The molecule has 6 heteroatoms. The van der Waals surface area contributed by atoms with Crippen LogP contribution in [0, 0.1) is 5.92 Å². The average molecular weight is 299 g/mol. The van der Waals surface area contributed by atoms with Crippen molar-refractivity contribution in [1.82, 2.24) is 14.5 Å². The van der Waals surface area contributed by atoms with E-state index in [-0.39, 0.29) is 5.91 Å². The SMILES string of the molecule is O=C(O)[C@@H]1CCN(C(=O)c2cccc(Cn3ccnc3)c2)C1. The zero-order valence-electron chi connectivity index (χ0n) is 12.1. The van der Waals surface area contributed by atoms with Crippen molar-refractivity contribution in [3.05, 3.63) is 54.1 Å². The molecule has 2 heterocycles. The Morgan fingerprint density at radius 2 is 2.23 bits per heavy atom. The van der Waals surface area contributed by atoms with Crippen LogP contribution in [0.4, 0.5) is 0 Å². The summed E-state index contributed by atoms with van der Waals surface area (Å²) in [5.41, 5.74) is 1.61. The number of hydrogen-bond acceptors (Lipinski definition) is 3. The Bertz CT molecular complexity index is 682. The van der Waals surface area contributed by atoms with Crippen LogP contribution < -0.4 is 0 Å². The van der Waals surface area contributed by atoms with Crippen LogP contribution in [-0.2, 0) is 11.3 Å². The van der Waals surface area contributed by atoms with E-state index in [1.165, 1.54) is 0 Å². The summed E-state index contributed by atoms with van der Waals surface area (Å²) in [6, 6.07) is 7.44. The highest BCUT2D eigenvalue weighted by atomic mass is 16.4. The maximum atomic E-state index is 12.5. The van der Waals surface area contributed by atoms with Gasteiger partial charge in [-0.05, 0) is 24.1 Å². The molecule has 1 amide bonds. The number of carbonyl (C=O) groups excluding carboxylic acids is 1. The zero-order chi connectivity index (χ0) is 15.5. The molecule has 2 aromatic rings. The molecule has 1 saturated heterocycles. The van der Waals surface area contributed by atoms with Crippen molar-refractivity contribution in [1.29, 1.82) is 0 Å². The van der Waals surface area contributed by atoms with Gasteiger partial charge in [0.25, 0.3) is 5.91 Å². The predicted octanol–water partition coefficient (Wildman–Crippen LogP) is 1.48. The minimum absolute atomic E-state index is 0.101. The third-order valence-corrected chi connectivity index (χ3v) is 3.92. The summed E-state index contributed by atoms with van der Waals surface area (Å²) in [5.74, 6) is -1.38. The predicted molar refractivity (Wildman–Crippen MR) is 79.4 cm³/mol. The Morgan fingerprint density at radius 3 is 2.91 bits per heavy atom. The summed E-state index contributed by atoms with van der Waals surface area (Å²) in [4.78, 5) is 29.1. The Balaban J connectivity index is 1.72. The van der Waals surface area contributed by atoms with Crippen LogP contribution in [0.25, 0.3) is 0 Å². The van der Waals surface area contributed by atoms with E-state index in [4.69, 9.17) is 5.11 Å². The number of hydrogen-bond donors (Lipinski definition) is 1. The van der Waals surface area contributed by atoms with Gasteiger partial charge < -0.3 is 14.6 Å². The Hall–Kier alpha value is -2.63. The fourth-order valence-corrected chi connectivity index (χ4v) is 2.72. The van der Waals surface area contributed by atoms with Gasteiger partial charge in [-0.25, -0.2) is 4.98 Å². The molecule has 0 bridgehead atoms. The Labute approximate surface area is 128 Å². The molecule has 114 valence electrons. The number of imidazole rings is 1. The molecule has 0 radical (unpaired) electrons. The number of likely N-dealkylation sites (tertiary alicyclic amines) is 1.